The monoisotopic (exact) mass is 170 g/mol. The highest BCUT2D eigenvalue weighted by Gasteiger charge is 2.11. The summed E-state index contributed by atoms with van der Waals surface area (Å²) in [5, 5.41) is 0. The first kappa shape index (κ1) is 11.7. The Morgan fingerprint density at radius 2 is 2.17 bits per heavy atom. The molecule has 0 fully saturated rings. The van der Waals surface area contributed by atoms with Gasteiger partial charge in [-0.2, -0.15) is 0 Å². The average molecular weight is 170 g/mol. The maximum absolute atomic E-state index is 5.67. The van der Waals surface area contributed by atoms with E-state index in [2.05, 4.69) is 25.3 Å². The molecule has 2 nitrogen and oxygen atoms in total. The van der Waals surface area contributed by atoms with Crippen molar-refractivity contribution in [2.75, 3.05) is 19.6 Å². The summed E-state index contributed by atoms with van der Waals surface area (Å²) in [7, 11) is 0. The number of hydrogen-bond donors (Lipinski definition) is 1. The van der Waals surface area contributed by atoms with Crippen LogP contribution in [0.25, 0.3) is 0 Å². The first-order valence-corrected chi connectivity index (χ1v) is 4.85. The molecular formula is C10H22N2. The van der Waals surface area contributed by atoms with Crippen LogP contribution in [0.4, 0.5) is 0 Å². The second-order valence-electron chi connectivity index (χ2n) is 3.08. The van der Waals surface area contributed by atoms with E-state index in [-0.39, 0.29) is 0 Å². The van der Waals surface area contributed by atoms with Gasteiger partial charge in [-0.1, -0.05) is 19.9 Å². The van der Waals surface area contributed by atoms with Crippen LogP contribution in [0.15, 0.2) is 12.7 Å². The number of hydrogen-bond acceptors (Lipinski definition) is 2. The maximum Gasteiger partial charge on any atom is 0.0219 e. The molecule has 0 amide bonds. The third-order valence-corrected chi connectivity index (χ3v) is 2.13. The van der Waals surface area contributed by atoms with Crippen LogP contribution in [0.1, 0.15) is 26.7 Å². The molecular weight excluding hydrogens is 148 g/mol. The number of nitrogens with two attached hydrogens (primary N) is 1. The molecule has 1 unspecified atom stereocenters. The van der Waals surface area contributed by atoms with Crippen LogP contribution in [0, 0.1) is 0 Å². The molecule has 0 aromatic rings. The van der Waals surface area contributed by atoms with Gasteiger partial charge in [-0.05, 0) is 19.4 Å². The van der Waals surface area contributed by atoms with Crippen molar-refractivity contribution in [1.82, 2.24) is 4.90 Å². The van der Waals surface area contributed by atoms with Gasteiger partial charge >= 0.3 is 0 Å². The van der Waals surface area contributed by atoms with Gasteiger partial charge in [0.25, 0.3) is 0 Å². The average Bonchev–Trinajstić information content (AvgIpc) is 2.07. The summed E-state index contributed by atoms with van der Waals surface area (Å²) in [6.07, 6.45) is 4.27. The van der Waals surface area contributed by atoms with Gasteiger partial charge < -0.3 is 5.73 Å². The molecule has 0 aliphatic carbocycles. The van der Waals surface area contributed by atoms with Gasteiger partial charge in [-0.15, -0.1) is 6.58 Å². The van der Waals surface area contributed by atoms with Crippen molar-refractivity contribution < 1.29 is 0 Å². The van der Waals surface area contributed by atoms with Crippen molar-refractivity contribution in [1.29, 1.82) is 0 Å². The Morgan fingerprint density at radius 3 is 2.50 bits per heavy atom. The second-order valence-corrected chi connectivity index (χ2v) is 3.08. The van der Waals surface area contributed by atoms with E-state index in [0.29, 0.717) is 6.04 Å². The fourth-order valence-corrected chi connectivity index (χ4v) is 1.45. The molecule has 0 radical (unpaired) electrons. The Morgan fingerprint density at radius 1 is 1.50 bits per heavy atom. The fourth-order valence-electron chi connectivity index (χ4n) is 1.45. The third-order valence-electron chi connectivity index (χ3n) is 2.13. The van der Waals surface area contributed by atoms with Crippen LogP contribution >= 0.6 is 0 Å². The van der Waals surface area contributed by atoms with Gasteiger partial charge in [0.05, 0.1) is 0 Å². The summed E-state index contributed by atoms with van der Waals surface area (Å²) in [4.78, 5) is 2.40. The van der Waals surface area contributed by atoms with E-state index in [1.165, 1.54) is 6.42 Å². The molecule has 1 atom stereocenters. The molecule has 2 N–H and O–H groups in total. The highest BCUT2D eigenvalue weighted by molar-refractivity contribution is 4.79. The summed E-state index contributed by atoms with van der Waals surface area (Å²) in [5.41, 5.74) is 5.67. The molecule has 2 heteroatoms. The zero-order valence-corrected chi connectivity index (χ0v) is 8.42. The summed E-state index contributed by atoms with van der Waals surface area (Å²) >= 11 is 0. The highest BCUT2D eigenvalue weighted by Crippen LogP contribution is 2.03. The van der Waals surface area contributed by atoms with E-state index < -0.39 is 0 Å². The molecule has 0 aromatic carbocycles. The minimum absolute atomic E-state index is 0.531. The summed E-state index contributed by atoms with van der Waals surface area (Å²) in [6, 6.07) is 0.531. The van der Waals surface area contributed by atoms with Crippen LogP contribution in [-0.2, 0) is 0 Å². The van der Waals surface area contributed by atoms with Crippen LogP contribution in [0.2, 0.25) is 0 Å². The fraction of sp³-hybridized carbons (Fsp3) is 0.800. The Labute approximate surface area is 76.4 Å². The highest BCUT2D eigenvalue weighted by atomic mass is 15.2. The quantitative estimate of drug-likeness (QED) is 0.588. The van der Waals surface area contributed by atoms with E-state index in [1.54, 1.807) is 0 Å². The van der Waals surface area contributed by atoms with E-state index in [4.69, 9.17) is 5.73 Å². The van der Waals surface area contributed by atoms with Gasteiger partial charge in [-0.25, -0.2) is 0 Å². The Kier molecular flexibility index (Phi) is 7.11. The van der Waals surface area contributed by atoms with Crippen LogP contribution < -0.4 is 5.73 Å². The minimum Gasteiger partial charge on any atom is -0.329 e. The molecule has 0 aliphatic heterocycles. The van der Waals surface area contributed by atoms with Crippen LogP contribution in [-0.4, -0.2) is 30.6 Å². The van der Waals surface area contributed by atoms with Crippen molar-refractivity contribution in [3.8, 4) is 0 Å². The molecule has 72 valence electrons. The Bertz CT molecular complexity index is 108. The normalized spacial score (nSPS) is 13.3. The Hall–Kier alpha value is -0.340. The first-order valence-electron chi connectivity index (χ1n) is 4.85. The lowest BCUT2D eigenvalue weighted by Crippen LogP contribution is -2.40. The van der Waals surface area contributed by atoms with Crippen LogP contribution in [0.5, 0.6) is 0 Å². The molecule has 0 saturated carbocycles. The van der Waals surface area contributed by atoms with E-state index in [9.17, 15) is 0 Å². The topological polar surface area (TPSA) is 29.3 Å². The Balaban J connectivity index is 3.94. The predicted molar refractivity (Wildman–Crippen MR) is 55.2 cm³/mol. The van der Waals surface area contributed by atoms with Crippen LogP contribution in [0.3, 0.4) is 0 Å². The van der Waals surface area contributed by atoms with Crippen molar-refractivity contribution in [2.24, 2.45) is 5.73 Å². The number of nitrogens with zero attached hydrogens (tertiary/aromatic N) is 1. The predicted octanol–water partition coefficient (Wildman–Crippen LogP) is 1.62. The first-order chi connectivity index (χ1) is 5.79. The summed E-state index contributed by atoms with van der Waals surface area (Å²) in [5.74, 6) is 0. The summed E-state index contributed by atoms with van der Waals surface area (Å²) < 4.78 is 0. The molecule has 0 bridgehead atoms. The smallest absolute Gasteiger partial charge is 0.0219 e. The lowest BCUT2D eigenvalue weighted by atomic mass is 10.2. The molecule has 0 spiro atoms. The lowest BCUT2D eigenvalue weighted by molar-refractivity contribution is 0.216. The zero-order valence-electron chi connectivity index (χ0n) is 8.42. The largest absolute Gasteiger partial charge is 0.329 e. The van der Waals surface area contributed by atoms with Gasteiger partial charge in [-0.3, -0.25) is 4.90 Å². The number of rotatable bonds is 7. The molecule has 0 aromatic heterocycles. The molecule has 0 rings (SSSR count). The van der Waals surface area contributed by atoms with Crippen molar-refractivity contribution in [3.05, 3.63) is 12.7 Å². The van der Waals surface area contributed by atoms with E-state index in [0.717, 1.165) is 26.1 Å². The van der Waals surface area contributed by atoms with Gasteiger partial charge in [0.1, 0.15) is 0 Å². The van der Waals surface area contributed by atoms with E-state index >= 15 is 0 Å². The third kappa shape index (κ3) is 3.88. The molecule has 0 aliphatic rings. The molecule has 0 heterocycles. The van der Waals surface area contributed by atoms with Crippen molar-refractivity contribution in [3.63, 3.8) is 0 Å². The second kappa shape index (κ2) is 7.32. The van der Waals surface area contributed by atoms with Crippen molar-refractivity contribution in [2.45, 2.75) is 32.7 Å². The zero-order chi connectivity index (χ0) is 9.40. The SMILES string of the molecule is C=CCN(CCC)C(CC)CN. The van der Waals surface area contributed by atoms with Gasteiger partial charge in [0.15, 0.2) is 0 Å². The lowest BCUT2D eigenvalue weighted by Gasteiger charge is -2.28. The van der Waals surface area contributed by atoms with Gasteiger partial charge in [0.2, 0.25) is 0 Å². The minimum atomic E-state index is 0.531. The van der Waals surface area contributed by atoms with Crippen molar-refractivity contribution >= 4 is 0 Å². The standard InChI is InChI=1S/C10H22N2/c1-4-7-12(8-5-2)10(6-3)9-11/h4,10H,1,5-9,11H2,2-3H3. The van der Waals surface area contributed by atoms with Gasteiger partial charge in [0, 0.05) is 19.1 Å². The summed E-state index contributed by atoms with van der Waals surface area (Å²) in [6.45, 7) is 11.0. The molecule has 12 heavy (non-hydrogen) atoms. The van der Waals surface area contributed by atoms with E-state index in [1.807, 2.05) is 6.08 Å². The maximum atomic E-state index is 5.67. The molecule has 0 saturated heterocycles.